The quantitative estimate of drug-likeness (QED) is 0.916. The van der Waals surface area contributed by atoms with Gasteiger partial charge in [0, 0.05) is 0 Å². The number of carbonyl (C=O) groups excluding carboxylic acids is 1. The fraction of sp³-hybridized carbons (Fsp3) is 0.214. The molecule has 2 rings (SSSR count). The Labute approximate surface area is 127 Å². The lowest BCUT2D eigenvalue weighted by Gasteiger charge is -2.15. The molecule has 1 aromatic heterocycles. The predicted molar refractivity (Wildman–Crippen MR) is 80.1 cm³/mol. The van der Waals surface area contributed by atoms with Crippen LogP contribution in [0.1, 0.15) is 5.76 Å². The molecule has 20 heavy (non-hydrogen) atoms. The third-order valence-electron chi connectivity index (χ3n) is 2.65. The van der Waals surface area contributed by atoms with Gasteiger partial charge >= 0.3 is 0 Å². The Morgan fingerprint density at radius 3 is 2.80 bits per heavy atom. The molecule has 0 saturated carbocycles. The summed E-state index contributed by atoms with van der Waals surface area (Å²) in [4.78, 5) is 13.8. The molecule has 0 spiro atoms. The lowest BCUT2D eigenvalue weighted by atomic mass is 10.3. The SMILES string of the molecule is CN(CC(=O)Nc1cccc(Cl)c1Cl)Cc1ccco1. The van der Waals surface area contributed by atoms with Crippen LogP contribution in [-0.2, 0) is 11.3 Å². The molecule has 0 fully saturated rings. The third-order valence-corrected chi connectivity index (χ3v) is 3.46. The predicted octanol–water partition coefficient (Wildman–Crippen LogP) is 3.66. The van der Waals surface area contributed by atoms with E-state index in [0.717, 1.165) is 5.76 Å². The van der Waals surface area contributed by atoms with Crippen LogP contribution in [0, 0.1) is 0 Å². The smallest absolute Gasteiger partial charge is 0.238 e. The second-order valence-corrected chi connectivity index (χ2v) is 5.19. The second-order valence-electron chi connectivity index (χ2n) is 4.40. The number of nitrogens with one attached hydrogen (secondary N) is 1. The van der Waals surface area contributed by atoms with Crippen molar-refractivity contribution >= 4 is 34.8 Å². The normalized spacial score (nSPS) is 10.8. The van der Waals surface area contributed by atoms with E-state index in [-0.39, 0.29) is 12.5 Å². The first-order chi connectivity index (χ1) is 9.56. The molecule has 0 atom stereocenters. The van der Waals surface area contributed by atoms with Crippen molar-refractivity contribution in [3.63, 3.8) is 0 Å². The molecule has 1 N–H and O–H groups in total. The lowest BCUT2D eigenvalue weighted by Crippen LogP contribution is -2.29. The van der Waals surface area contributed by atoms with Crippen LogP contribution in [0.2, 0.25) is 10.0 Å². The summed E-state index contributed by atoms with van der Waals surface area (Å²) in [5.74, 6) is 0.643. The summed E-state index contributed by atoms with van der Waals surface area (Å²) in [7, 11) is 1.83. The molecule has 2 aromatic rings. The van der Waals surface area contributed by atoms with E-state index in [4.69, 9.17) is 27.6 Å². The Balaban J connectivity index is 1.90. The Morgan fingerprint density at radius 1 is 1.30 bits per heavy atom. The van der Waals surface area contributed by atoms with Gasteiger partial charge < -0.3 is 9.73 Å². The number of halogens is 2. The molecular weight excluding hydrogens is 299 g/mol. The summed E-state index contributed by atoms with van der Waals surface area (Å²) in [6.07, 6.45) is 1.61. The van der Waals surface area contributed by atoms with Gasteiger partial charge in [-0.2, -0.15) is 0 Å². The molecule has 1 aromatic carbocycles. The average Bonchev–Trinajstić information content (AvgIpc) is 2.87. The van der Waals surface area contributed by atoms with Crippen LogP contribution >= 0.6 is 23.2 Å². The Morgan fingerprint density at radius 2 is 2.10 bits per heavy atom. The summed E-state index contributed by atoms with van der Waals surface area (Å²) in [6.45, 7) is 0.785. The Bertz CT molecular complexity index is 585. The number of amides is 1. The molecule has 0 aliphatic rings. The molecular formula is C14H14Cl2N2O2. The molecule has 0 aliphatic heterocycles. The van der Waals surface area contributed by atoms with Gasteiger partial charge in [-0.05, 0) is 31.3 Å². The van der Waals surface area contributed by atoms with Crippen molar-refractivity contribution in [2.24, 2.45) is 0 Å². The van der Waals surface area contributed by atoms with Gasteiger partial charge in [-0.15, -0.1) is 0 Å². The first-order valence-electron chi connectivity index (χ1n) is 6.01. The van der Waals surface area contributed by atoms with Crippen molar-refractivity contribution in [2.45, 2.75) is 6.54 Å². The van der Waals surface area contributed by atoms with Gasteiger partial charge in [0.15, 0.2) is 0 Å². The van der Waals surface area contributed by atoms with E-state index in [2.05, 4.69) is 5.32 Å². The summed E-state index contributed by atoms with van der Waals surface area (Å²) in [6, 6.07) is 8.79. The summed E-state index contributed by atoms with van der Waals surface area (Å²) in [5.41, 5.74) is 0.510. The number of rotatable bonds is 5. The lowest BCUT2D eigenvalue weighted by molar-refractivity contribution is -0.117. The van der Waals surface area contributed by atoms with Crippen LogP contribution in [0.25, 0.3) is 0 Å². The molecule has 0 saturated heterocycles. The first kappa shape index (κ1) is 14.9. The molecule has 1 heterocycles. The maximum Gasteiger partial charge on any atom is 0.238 e. The van der Waals surface area contributed by atoms with E-state index in [9.17, 15) is 4.79 Å². The number of nitrogens with zero attached hydrogens (tertiary/aromatic N) is 1. The minimum Gasteiger partial charge on any atom is -0.468 e. The van der Waals surface area contributed by atoms with E-state index in [1.54, 1.807) is 24.5 Å². The third kappa shape index (κ3) is 4.00. The van der Waals surface area contributed by atoms with Gasteiger partial charge in [0.2, 0.25) is 5.91 Å². The molecule has 6 heteroatoms. The summed E-state index contributed by atoms with van der Waals surface area (Å²) in [5, 5.41) is 3.49. The van der Waals surface area contributed by atoms with Crippen molar-refractivity contribution in [1.29, 1.82) is 0 Å². The van der Waals surface area contributed by atoms with E-state index in [0.29, 0.717) is 22.3 Å². The number of furan rings is 1. The van der Waals surface area contributed by atoms with Crippen molar-refractivity contribution in [1.82, 2.24) is 4.90 Å². The zero-order chi connectivity index (χ0) is 14.5. The molecule has 4 nitrogen and oxygen atoms in total. The molecule has 1 amide bonds. The number of hydrogen-bond acceptors (Lipinski definition) is 3. The molecule has 0 radical (unpaired) electrons. The molecule has 0 bridgehead atoms. The second kappa shape index (κ2) is 6.79. The van der Waals surface area contributed by atoms with Crippen LogP contribution in [-0.4, -0.2) is 24.4 Å². The minimum atomic E-state index is -0.164. The summed E-state index contributed by atoms with van der Waals surface area (Å²) >= 11 is 11.9. The highest BCUT2D eigenvalue weighted by Crippen LogP contribution is 2.29. The van der Waals surface area contributed by atoms with Gasteiger partial charge in [0.1, 0.15) is 5.76 Å². The van der Waals surface area contributed by atoms with E-state index in [1.165, 1.54) is 0 Å². The van der Waals surface area contributed by atoms with Gasteiger partial charge in [-0.3, -0.25) is 9.69 Å². The number of likely N-dealkylation sites (N-methyl/N-ethyl adjacent to an activating group) is 1. The fourth-order valence-electron chi connectivity index (χ4n) is 1.76. The summed E-state index contributed by atoms with van der Waals surface area (Å²) < 4.78 is 5.23. The standard InChI is InChI=1S/C14H14Cl2N2O2/c1-18(8-10-4-3-7-20-10)9-13(19)17-12-6-2-5-11(15)14(12)16/h2-7H,8-9H2,1H3,(H,17,19). The average molecular weight is 313 g/mol. The van der Waals surface area contributed by atoms with Gasteiger partial charge in [0.05, 0.1) is 35.1 Å². The van der Waals surface area contributed by atoms with Crippen LogP contribution in [0.4, 0.5) is 5.69 Å². The number of carbonyl (C=O) groups is 1. The molecule has 0 unspecified atom stereocenters. The highest BCUT2D eigenvalue weighted by atomic mass is 35.5. The monoisotopic (exact) mass is 312 g/mol. The van der Waals surface area contributed by atoms with Crippen LogP contribution in [0.3, 0.4) is 0 Å². The van der Waals surface area contributed by atoms with Crippen LogP contribution < -0.4 is 5.32 Å². The molecule has 0 aliphatic carbocycles. The van der Waals surface area contributed by atoms with E-state index >= 15 is 0 Å². The van der Waals surface area contributed by atoms with Crippen LogP contribution in [0.5, 0.6) is 0 Å². The largest absolute Gasteiger partial charge is 0.468 e. The zero-order valence-corrected chi connectivity index (χ0v) is 12.4. The molecule has 106 valence electrons. The Kier molecular flexibility index (Phi) is 5.06. The maximum atomic E-state index is 11.9. The van der Waals surface area contributed by atoms with Crippen molar-refractivity contribution < 1.29 is 9.21 Å². The van der Waals surface area contributed by atoms with Gasteiger partial charge in [-0.1, -0.05) is 29.3 Å². The van der Waals surface area contributed by atoms with Gasteiger partial charge in [-0.25, -0.2) is 0 Å². The van der Waals surface area contributed by atoms with E-state index in [1.807, 2.05) is 24.1 Å². The first-order valence-corrected chi connectivity index (χ1v) is 6.76. The highest BCUT2D eigenvalue weighted by Gasteiger charge is 2.11. The Hall–Kier alpha value is -1.49. The van der Waals surface area contributed by atoms with Gasteiger partial charge in [0.25, 0.3) is 0 Å². The number of hydrogen-bond donors (Lipinski definition) is 1. The number of benzene rings is 1. The zero-order valence-electron chi connectivity index (χ0n) is 10.9. The van der Waals surface area contributed by atoms with Crippen LogP contribution in [0.15, 0.2) is 41.0 Å². The highest BCUT2D eigenvalue weighted by molar-refractivity contribution is 6.43. The van der Waals surface area contributed by atoms with Crippen molar-refractivity contribution in [3.8, 4) is 0 Å². The maximum absolute atomic E-state index is 11.9. The fourth-order valence-corrected chi connectivity index (χ4v) is 2.11. The van der Waals surface area contributed by atoms with Crippen molar-refractivity contribution in [3.05, 3.63) is 52.4 Å². The topological polar surface area (TPSA) is 45.5 Å². The number of anilines is 1. The van der Waals surface area contributed by atoms with E-state index < -0.39 is 0 Å². The van der Waals surface area contributed by atoms with Crippen molar-refractivity contribution in [2.75, 3.05) is 18.9 Å². The minimum absolute atomic E-state index is 0.164.